The van der Waals surface area contributed by atoms with Crippen molar-refractivity contribution in [3.05, 3.63) is 40.0 Å². The van der Waals surface area contributed by atoms with Gasteiger partial charge in [0.05, 0.1) is 10.0 Å². The van der Waals surface area contributed by atoms with Crippen LogP contribution in [0.1, 0.15) is 6.92 Å². The predicted molar refractivity (Wildman–Crippen MR) is 76.7 cm³/mol. The number of aliphatic hydroxyl groups is 1. The lowest BCUT2D eigenvalue weighted by atomic mass is 10.2. The molecule has 2 rings (SSSR count). The molecule has 126 valence electrons. The Morgan fingerprint density at radius 1 is 1.39 bits per heavy atom. The molecular weight excluding hydrogens is 360 g/mol. The summed E-state index contributed by atoms with van der Waals surface area (Å²) in [5, 5.41) is 10.3. The highest BCUT2D eigenvalue weighted by molar-refractivity contribution is 6.42. The van der Waals surface area contributed by atoms with Crippen LogP contribution in [0.2, 0.25) is 10.0 Å². The number of hydrogen-bond donors (Lipinski definition) is 2. The molecule has 1 aromatic rings. The van der Waals surface area contributed by atoms with E-state index in [2.05, 4.69) is 5.43 Å². The number of ether oxygens (including phenoxy) is 1. The van der Waals surface area contributed by atoms with E-state index < -0.39 is 24.4 Å². The van der Waals surface area contributed by atoms with Crippen molar-refractivity contribution in [1.29, 1.82) is 0 Å². The summed E-state index contributed by atoms with van der Waals surface area (Å²) in [6.07, 6.45) is -4.57. The van der Waals surface area contributed by atoms with Crippen molar-refractivity contribution in [2.45, 2.75) is 18.8 Å². The van der Waals surface area contributed by atoms with E-state index in [1.54, 1.807) is 0 Å². The second kappa shape index (κ2) is 6.10. The molecule has 0 spiro atoms. The monoisotopic (exact) mass is 370 g/mol. The van der Waals surface area contributed by atoms with Crippen LogP contribution in [-0.4, -0.2) is 34.5 Å². The standard InChI is InChI=1S/C13H11Cl2F3N2O3/c1-7-5-12(22,13(16,17)18)20(19-7)11(21)6-23-8-2-3-9(14)10(15)4-8/h2-5,19,22H,6H2,1H3. The summed E-state index contributed by atoms with van der Waals surface area (Å²) < 4.78 is 44.0. The third-order valence-corrected chi connectivity index (χ3v) is 3.71. The average molecular weight is 371 g/mol. The maximum atomic E-state index is 13.0. The van der Waals surface area contributed by atoms with Crippen LogP contribution >= 0.6 is 23.2 Å². The summed E-state index contributed by atoms with van der Waals surface area (Å²) in [5.74, 6) is -0.976. The summed E-state index contributed by atoms with van der Waals surface area (Å²) >= 11 is 11.5. The van der Waals surface area contributed by atoms with Gasteiger partial charge in [-0.15, -0.1) is 0 Å². The van der Waals surface area contributed by atoms with Gasteiger partial charge in [0.25, 0.3) is 11.6 Å². The third kappa shape index (κ3) is 3.49. The van der Waals surface area contributed by atoms with Gasteiger partial charge in [-0.3, -0.25) is 10.2 Å². The van der Waals surface area contributed by atoms with Gasteiger partial charge in [0.2, 0.25) is 0 Å². The van der Waals surface area contributed by atoms with Gasteiger partial charge in [0, 0.05) is 11.8 Å². The van der Waals surface area contributed by atoms with Crippen LogP contribution in [0.4, 0.5) is 13.2 Å². The average Bonchev–Trinajstić information content (AvgIpc) is 2.76. The van der Waals surface area contributed by atoms with E-state index in [-0.39, 0.29) is 26.5 Å². The molecule has 1 atom stereocenters. The summed E-state index contributed by atoms with van der Waals surface area (Å²) in [7, 11) is 0. The highest BCUT2D eigenvalue weighted by Crippen LogP contribution is 2.37. The van der Waals surface area contributed by atoms with Crippen molar-refractivity contribution < 1.29 is 27.8 Å². The Morgan fingerprint density at radius 2 is 2.04 bits per heavy atom. The number of nitrogens with zero attached hydrogens (tertiary/aromatic N) is 1. The normalized spacial score (nSPS) is 21.0. The van der Waals surface area contributed by atoms with Crippen molar-refractivity contribution in [3.63, 3.8) is 0 Å². The molecule has 1 aromatic carbocycles. The minimum atomic E-state index is -5.07. The number of hydrogen-bond acceptors (Lipinski definition) is 4. The number of carbonyl (C=O) groups excluding carboxylic acids is 1. The molecular formula is C13H11Cl2F3N2O3. The predicted octanol–water partition coefficient (Wildman–Crippen LogP) is 2.87. The third-order valence-electron chi connectivity index (χ3n) is 2.97. The maximum absolute atomic E-state index is 13.0. The minimum absolute atomic E-state index is 0.0206. The number of alkyl halides is 3. The van der Waals surface area contributed by atoms with Crippen LogP contribution in [0, 0.1) is 0 Å². The molecule has 0 saturated heterocycles. The fraction of sp³-hybridized carbons (Fsp3) is 0.308. The smallest absolute Gasteiger partial charge is 0.442 e. The number of carbonyl (C=O) groups is 1. The van der Waals surface area contributed by atoms with Gasteiger partial charge in [-0.1, -0.05) is 23.2 Å². The van der Waals surface area contributed by atoms with Gasteiger partial charge < -0.3 is 9.84 Å². The SMILES string of the molecule is CC1=CC(O)(C(F)(F)F)N(C(=O)COc2ccc(Cl)c(Cl)c2)N1. The van der Waals surface area contributed by atoms with Crippen molar-refractivity contribution in [2.24, 2.45) is 0 Å². The molecule has 0 aliphatic carbocycles. The molecule has 0 radical (unpaired) electrons. The second-order valence-corrected chi connectivity index (χ2v) is 5.57. The lowest BCUT2D eigenvalue weighted by molar-refractivity contribution is -0.289. The van der Waals surface area contributed by atoms with Crippen molar-refractivity contribution in [3.8, 4) is 5.75 Å². The summed E-state index contributed by atoms with van der Waals surface area (Å²) in [4.78, 5) is 12.0. The molecule has 2 N–H and O–H groups in total. The first-order chi connectivity index (χ1) is 10.5. The molecule has 1 aliphatic heterocycles. The number of hydrazine groups is 1. The van der Waals surface area contributed by atoms with Gasteiger partial charge in [-0.25, -0.2) is 5.01 Å². The molecule has 1 heterocycles. The molecule has 0 aromatic heterocycles. The molecule has 10 heteroatoms. The summed E-state index contributed by atoms with van der Waals surface area (Å²) in [6.45, 7) is 0.536. The highest BCUT2D eigenvalue weighted by atomic mass is 35.5. The van der Waals surface area contributed by atoms with E-state index in [9.17, 15) is 23.1 Å². The van der Waals surface area contributed by atoms with Crippen LogP contribution in [0.5, 0.6) is 5.75 Å². The van der Waals surface area contributed by atoms with E-state index in [4.69, 9.17) is 27.9 Å². The van der Waals surface area contributed by atoms with Crippen molar-refractivity contribution in [1.82, 2.24) is 10.4 Å². The molecule has 0 saturated carbocycles. The number of benzene rings is 1. The highest BCUT2D eigenvalue weighted by Gasteiger charge is 2.61. The Labute approximate surface area is 139 Å². The number of rotatable bonds is 3. The van der Waals surface area contributed by atoms with E-state index in [0.29, 0.717) is 6.08 Å². The van der Waals surface area contributed by atoms with E-state index >= 15 is 0 Å². The maximum Gasteiger partial charge on any atom is 0.442 e. The van der Waals surface area contributed by atoms with Crippen LogP contribution in [0.15, 0.2) is 30.0 Å². The number of halogens is 5. The number of nitrogens with one attached hydrogen (secondary N) is 1. The topological polar surface area (TPSA) is 61.8 Å². The number of allylic oxidation sites excluding steroid dienone is 1. The lowest BCUT2D eigenvalue weighted by Gasteiger charge is -2.33. The molecule has 1 aliphatic rings. The second-order valence-electron chi connectivity index (χ2n) is 4.76. The Bertz CT molecular complexity index is 666. The fourth-order valence-corrected chi connectivity index (χ4v) is 2.19. The van der Waals surface area contributed by atoms with Gasteiger partial charge in [0.1, 0.15) is 5.75 Å². The molecule has 23 heavy (non-hydrogen) atoms. The Kier molecular flexibility index (Phi) is 4.70. The molecule has 0 fully saturated rings. The van der Waals surface area contributed by atoms with Crippen LogP contribution in [0.25, 0.3) is 0 Å². The first-order valence-corrected chi connectivity index (χ1v) is 6.96. The van der Waals surface area contributed by atoms with E-state index in [1.165, 1.54) is 25.1 Å². The van der Waals surface area contributed by atoms with Gasteiger partial charge in [-0.05, 0) is 25.1 Å². The molecule has 0 bridgehead atoms. The van der Waals surface area contributed by atoms with Crippen LogP contribution in [-0.2, 0) is 4.79 Å². The summed E-state index contributed by atoms with van der Waals surface area (Å²) in [6, 6.07) is 4.13. The quantitative estimate of drug-likeness (QED) is 0.858. The van der Waals surface area contributed by atoms with Gasteiger partial charge in [0.15, 0.2) is 6.61 Å². The van der Waals surface area contributed by atoms with Crippen molar-refractivity contribution in [2.75, 3.05) is 6.61 Å². The zero-order chi connectivity index (χ0) is 17.4. The molecule has 1 unspecified atom stereocenters. The van der Waals surface area contributed by atoms with Crippen molar-refractivity contribution >= 4 is 29.1 Å². The molecule has 1 amide bonds. The zero-order valence-corrected chi connectivity index (χ0v) is 13.1. The van der Waals surface area contributed by atoms with Crippen LogP contribution < -0.4 is 10.2 Å². The largest absolute Gasteiger partial charge is 0.484 e. The first kappa shape index (κ1) is 17.7. The van der Waals surface area contributed by atoms with E-state index in [0.717, 1.165) is 0 Å². The van der Waals surface area contributed by atoms with E-state index in [1.807, 2.05) is 0 Å². The summed E-state index contributed by atoms with van der Waals surface area (Å²) in [5.41, 5.74) is -1.30. The van der Waals surface area contributed by atoms with Gasteiger partial charge >= 0.3 is 6.18 Å². The minimum Gasteiger partial charge on any atom is -0.484 e. The first-order valence-electron chi connectivity index (χ1n) is 6.21. The Balaban J connectivity index is 2.10. The molecule has 5 nitrogen and oxygen atoms in total. The van der Waals surface area contributed by atoms with Gasteiger partial charge in [-0.2, -0.15) is 13.2 Å². The Morgan fingerprint density at radius 3 is 2.61 bits per heavy atom. The lowest BCUT2D eigenvalue weighted by Crippen LogP contribution is -2.61. The fourth-order valence-electron chi connectivity index (χ4n) is 1.90. The Hall–Kier alpha value is -1.64. The zero-order valence-electron chi connectivity index (χ0n) is 11.6. The van der Waals surface area contributed by atoms with Crippen LogP contribution in [0.3, 0.4) is 0 Å². The number of amides is 1.